The van der Waals surface area contributed by atoms with Crippen LogP contribution < -0.4 is 9.64 Å². The molecule has 0 bridgehead atoms. The van der Waals surface area contributed by atoms with Crippen molar-refractivity contribution in [2.24, 2.45) is 0 Å². The van der Waals surface area contributed by atoms with Crippen LogP contribution in [0.3, 0.4) is 0 Å². The first kappa shape index (κ1) is 13.8. The van der Waals surface area contributed by atoms with E-state index in [1.54, 1.807) is 4.90 Å². The number of rotatable bonds is 0. The predicted octanol–water partition coefficient (Wildman–Crippen LogP) is 2.90. The lowest BCUT2D eigenvalue weighted by Crippen LogP contribution is -2.50. The second-order valence-corrected chi connectivity index (χ2v) is 6.96. The van der Waals surface area contributed by atoms with Crippen molar-refractivity contribution in [3.05, 3.63) is 17.8 Å². The van der Waals surface area contributed by atoms with Crippen LogP contribution in [-0.2, 0) is 10.2 Å². The molecule has 2 heterocycles. The summed E-state index contributed by atoms with van der Waals surface area (Å²) < 4.78 is 5.48. The third-order valence-electron chi connectivity index (χ3n) is 3.09. The van der Waals surface area contributed by atoms with Crippen molar-refractivity contribution in [3.63, 3.8) is 0 Å². The van der Waals surface area contributed by atoms with E-state index in [1.807, 2.05) is 32.9 Å². The van der Waals surface area contributed by atoms with Crippen LogP contribution in [0.4, 0.5) is 5.82 Å². The zero-order valence-electron chi connectivity index (χ0n) is 12.6. The van der Waals surface area contributed by atoms with Gasteiger partial charge in [-0.3, -0.25) is 9.69 Å². The number of fused-ring (bicyclic) bond motifs is 1. The van der Waals surface area contributed by atoms with E-state index in [9.17, 15) is 4.79 Å². The van der Waals surface area contributed by atoms with Gasteiger partial charge in [-0.15, -0.1) is 0 Å². The number of carbonyl (C=O) groups excluding carboxylic acids is 1. The minimum absolute atomic E-state index is 0.0430. The van der Waals surface area contributed by atoms with Crippen molar-refractivity contribution in [3.8, 4) is 5.75 Å². The summed E-state index contributed by atoms with van der Waals surface area (Å²) in [6.07, 6.45) is 0. The molecule has 1 aliphatic heterocycles. The molecule has 0 atom stereocenters. The van der Waals surface area contributed by atoms with Gasteiger partial charge in [0.25, 0.3) is 5.91 Å². The summed E-state index contributed by atoms with van der Waals surface area (Å²) in [4.78, 5) is 18.5. The lowest BCUT2D eigenvalue weighted by Gasteiger charge is -2.38. The Balaban J connectivity index is 2.57. The molecule has 0 N–H and O–H groups in total. The number of nitrogens with zero attached hydrogens (tertiary/aromatic N) is 2. The monoisotopic (exact) mass is 262 g/mol. The van der Waals surface area contributed by atoms with Gasteiger partial charge in [0.05, 0.1) is 0 Å². The number of aromatic nitrogens is 1. The maximum absolute atomic E-state index is 12.1. The Labute approximate surface area is 114 Å². The highest BCUT2D eigenvalue weighted by Gasteiger charge is 2.35. The van der Waals surface area contributed by atoms with Crippen LogP contribution in [0.1, 0.15) is 47.2 Å². The molecule has 1 aliphatic rings. The molecule has 0 unspecified atom stereocenters. The predicted molar refractivity (Wildman–Crippen MR) is 75.7 cm³/mol. The normalized spacial score (nSPS) is 16.1. The van der Waals surface area contributed by atoms with Crippen LogP contribution in [0, 0.1) is 0 Å². The molecule has 4 nitrogen and oxygen atoms in total. The van der Waals surface area contributed by atoms with Crippen molar-refractivity contribution in [1.29, 1.82) is 0 Å². The van der Waals surface area contributed by atoms with Gasteiger partial charge in [-0.05, 0) is 32.9 Å². The first-order valence-electron chi connectivity index (χ1n) is 6.58. The van der Waals surface area contributed by atoms with Gasteiger partial charge in [0, 0.05) is 16.6 Å². The quantitative estimate of drug-likeness (QED) is 0.722. The maximum Gasteiger partial charge on any atom is 0.266 e. The highest BCUT2D eigenvalue weighted by atomic mass is 16.5. The van der Waals surface area contributed by atoms with Crippen molar-refractivity contribution in [2.45, 2.75) is 52.5 Å². The second-order valence-electron chi connectivity index (χ2n) is 6.96. The summed E-state index contributed by atoms with van der Waals surface area (Å²) in [5.41, 5.74) is 0.594. The molecule has 0 aromatic carbocycles. The van der Waals surface area contributed by atoms with E-state index in [1.165, 1.54) is 0 Å². The molecule has 4 heteroatoms. The highest BCUT2D eigenvalue weighted by Crippen LogP contribution is 2.36. The van der Waals surface area contributed by atoms with E-state index in [4.69, 9.17) is 4.74 Å². The van der Waals surface area contributed by atoms with Crippen LogP contribution in [0.5, 0.6) is 5.75 Å². The molecule has 0 saturated heterocycles. The molecule has 1 amide bonds. The third kappa shape index (κ3) is 2.57. The Kier molecular flexibility index (Phi) is 3.07. The molecule has 0 radical (unpaired) electrons. The number of ether oxygens (including phenoxy) is 1. The summed E-state index contributed by atoms with van der Waals surface area (Å²) in [7, 11) is 0. The summed E-state index contributed by atoms with van der Waals surface area (Å²) in [5, 5.41) is 0. The summed E-state index contributed by atoms with van der Waals surface area (Å²) >= 11 is 0. The molecule has 1 aromatic heterocycles. The first-order valence-corrected chi connectivity index (χ1v) is 6.58. The average molecular weight is 262 g/mol. The molecule has 0 spiro atoms. The van der Waals surface area contributed by atoms with Gasteiger partial charge >= 0.3 is 0 Å². The average Bonchev–Trinajstić information content (AvgIpc) is 2.24. The van der Waals surface area contributed by atoms with Crippen LogP contribution in [-0.4, -0.2) is 23.0 Å². The largest absolute Gasteiger partial charge is 0.480 e. The summed E-state index contributed by atoms with van der Waals surface area (Å²) in [5.74, 6) is 1.28. The molecule has 0 fully saturated rings. The van der Waals surface area contributed by atoms with Gasteiger partial charge in [-0.1, -0.05) is 20.8 Å². The van der Waals surface area contributed by atoms with Gasteiger partial charge < -0.3 is 4.74 Å². The number of pyridine rings is 1. The Hall–Kier alpha value is -1.58. The lowest BCUT2D eigenvalue weighted by atomic mass is 9.91. The number of hydrogen-bond acceptors (Lipinski definition) is 3. The fraction of sp³-hybridized carbons (Fsp3) is 0.600. The van der Waals surface area contributed by atoms with Gasteiger partial charge in [0.2, 0.25) is 0 Å². The number of carbonyl (C=O) groups is 1. The minimum Gasteiger partial charge on any atom is -0.480 e. The molecular weight excluding hydrogens is 240 g/mol. The molecular formula is C15H22N2O2. The van der Waals surface area contributed by atoms with E-state index < -0.39 is 0 Å². The standard InChI is InChI=1S/C15H22N2O2/c1-14(2,3)11-8-7-10-13(16-11)17(15(4,5)6)12(18)9-19-10/h7-8H,9H2,1-6H3. The van der Waals surface area contributed by atoms with Crippen LogP contribution in [0.25, 0.3) is 0 Å². The van der Waals surface area contributed by atoms with Gasteiger partial charge in [0.1, 0.15) is 0 Å². The third-order valence-corrected chi connectivity index (χ3v) is 3.09. The molecule has 0 saturated carbocycles. The lowest BCUT2D eigenvalue weighted by molar-refractivity contribution is -0.122. The number of amides is 1. The van der Waals surface area contributed by atoms with E-state index in [-0.39, 0.29) is 23.5 Å². The number of anilines is 1. The van der Waals surface area contributed by atoms with E-state index in [0.29, 0.717) is 11.6 Å². The Bertz CT molecular complexity index is 510. The van der Waals surface area contributed by atoms with Crippen molar-refractivity contribution >= 4 is 11.7 Å². The molecule has 2 rings (SSSR count). The van der Waals surface area contributed by atoms with Crippen LogP contribution in [0.15, 0.2) is 12.1 Å². The molecule has 0 aliphatic carbocycles. The minimum atomic E-state index is -0.306. The Morgan fingerprint density at radius 2 is 1.79 bits per heavy atom. The van der Waals surface area contributed by atoms with E-state index >= 15 is 0 Å². The van der Waals surface area contributed by atoms with E-state index in [2.05, 4.69) is 25.8 Å². The first-order chi connectivity index (χ1) is 8.60. The summed E-state index contributed by atoms with van der Waals surface area (Å²) in [6, 6.07) is 3.88. The fourth-order valence-electron chi connectivity index (χ4n) is 2.14. The SMILES string of the molecule is CC(C)(C)c1ccc2c(n1)N(C(C)(C)C)C(=O)CO2. The van der Waals surface area contributed by atoms with Gasteiger partial charge in [0.15, 0.2) is 18.2 Å². The molecule has 19 heavy (non-hydrogen) atoms. The summed E-state index contributed by atoms with van der Waals surface area (Å²) in [6.45, 7) is 12.4. The van der Waals surface area contributed by atoms with Crippen molar-refractivity contribution in [2.75, 3.05) is 11.5 Å². The van der Waals surface area contributed by atoms with Crippen LogP contribution in [0.2, 0.25) is 0 Å². The fourth-order valence-corrected chi connectivity index (χ4v) is 2.14. The Morgan fingerprint density at radius 1 is 1.16 bits per heavy atom. The van der Waals surface area contributed by atoms with Crippen molar-refractivity contribution < 1.29 is 9.53 Å². The molecule has 1 aromatic rings. The second kappa shape index (κ2) is 4.22. The number of hydrogen-bond donors (Lipinski definition) is 0. The molecule has 104 valence electrons. The topological polar surface area (TPSA) is 42.4 Å². The van der Waals surface area contributed by atoms with E-state index in [0.717, 1.165) is 5.69 Å². The maximum atomic E-state index is 12.1. The Morgan fingerprint density at radius 3 is 2.32 bits per heavy atom. The highest BCUT2D eigenvalue weighted by molar-refractivity contribution is 5.97. The smallest absolute Gasteiger partial charge is 0.266 e. The van der Waals surface area contributed by atoms with Crippen LogP contribution >= 0.6 is 0 Å². The zero-order valence-corrected chi connectivity index (χ0v) is 12.6. The van der Waals surface area contributed by atoms with Gasteiger partial charge in [-0.2, -0.15) is 0 Å². The van der Waals surface area contributed by atoms with Gasteiger partial charge in [-0.25, -0.2) is 4.98 Å². The van der Waals surface area contributed by atoms with Crippen molar-refractivity contribution in [1.82, 2.24) is 4.98 Å². The zero-order chi connectivity index (χ0) is 14.4.